The van der Waals surface area contributed by atoms with Crippen molar-refractivity contribution in [3.8, 4) is 0 Å². The number of urea groups is 1. The van der Waals surface area contributed by atoms with Crippen LogP contribution in [0.3, 0.4) is 0 Å². The number of imide groups is 1. The predicted molar refractivity (Wildman–Crippen MR) is 124 cm³/mol. The van der Waals surface area contributed by atoms with Crippen LogP contribution in [0.15, 0.2) is 48.5 Å². The number of halogens is 1. The lowest BCUT2D eigenvalue weighted by molar-refractivity contribution is -0.139. The van der Waals surface area contributed by atoms with Gasteiger partial charge in [-0.25, -0.2) is 4.79 Å². The lowest BCUT2D eigenvalue weighted by Crippen LogP contribution is -2.66. The Balaban J connectivity index is 1.45. The van der Waals surface area contributed by atoms with Crippen LogP contribution in [0.1, 0.15) is 18.1 Å². The van der Waals surface area contributed by atoms with Gasteiger partial charge in [-0.3, -0.25) is 19.9 Å². The van der Waals surface area contributed by atoms with Crippen molar-refractivity contribution in [2.24, 2.45) is 5.92 Å². The predicted octanol–water partition coefficient (Wildman–Crippen LogP) is 3.08. The molecule has 0 bridgehead atoms. The number of nitrogens with zero attached hydrogens (tertiary/aromatic N) is 4. The molecule has 0 aromatic heterocycles. The van der Waals surface area contributed by atoms with E-state index in [2.05, 4.69) is 22.0 Å². The van der Waals surface area contributed by atoms with Crippen molar-refractivity contribution in [1.82, 2.24) is 20.0 Å². The fourth-order valence-electron chi connectivity index (χ4n) is 5.19. The van der Waals surface area contributed by atoms with Crippen molar-refractivity contribution in [1.29, 1.82) is 0 Å². The standard InChI is InChI=1S/C24H28ClN5O2/c1-15-5-4-6-17(11-15)14-30-22(31)20-21(27(3)24(30)32)26-23-28(12-16(2)13-29(20)23)19-9-7-18(25)8-10-19/h4-11,16,20-21,23,26H,12-14H2,1-3H3. The molecule has 2 aromatic rings. The summed E-state index contributed by atoms with van der Waals surface area (Å²) >= 11 is 6.10. The van der Waals surface area contributed by atoms with Gasteiger partial charge in [0.15, 0.2) is 0 Å². The molecular formula is C24H28ClN5O2. The van der Waals surface area contributed by atoms with E-state index in [4.69, 9.17) is 11.6 Å². The number of anilines is 1. The van der Waals surface area contributed by atoms with Crippen LogP contribution in [0.5, 0.6) is 0 Å². The van der Waals surface area contributed by atoms with Crippen LogP contribution >= 0.6 is 11.6 Å². The molecule has 168 valence electrons. The second kappa shape index (κ2) is 8.06. The molecule has 4 atom stereocenters. The minimum absolute atomic E-state index is 0.139. The van der Waals surface area contributed by atoms with E-state index in [-0.39, 0.29) is 30.9 Å². The maximum atomic E-state index is 13.7. The first-order valence-electron chi connectivity index (χ1n) is 11.0. The second-order valence-electron chi connectivity index (χ2n) is 9.17. The molecule has 3 fully saturated rings. The van der Waals surface area contributed by atoms with Crippen LogP contribution < -0.4 is 10.2 Å². The van der Waals surface area contributed by atoms with E-state index in [1.165, 1.54) is 4.90 Å². The third kappa shape index (κ3) is 3.54. The molecule has 3 aliphatic rings. The highest BCUT2D eigenvalue weighted by molar-refractivity contribution is 6.30. The monoisotopic (exact) mass is 453 g/mol. The van der Waals surface area contributed by atoms with Crippen LogP contribution in [-0.2, 0) is 11.3 Å². The summed E-state index contributed by atoms with van der Waals surface area (Å²) in [4.78, 5) is 34.4. The maximum Gasteiger partial charge on any atom is 0.328 e. The highest BCUT2D eigenvalue weighted by atomic mass is 35.5. The smallest absolute Gasteiger partial charge is 0.328 e. The number of likely N-dealkylation sites (N-methyl/N-ethyl adjacent to an activating group) is 1. The first-order valence-corrected chi connectivity index (χ1v) is 11.4. The van der Waals surface area contributed by atoms with Crippen molar-refractivity contribution in [2.75, 3.05) is 25.0 Å². The van der Waals surface area contributed by atoms with Crippen LogP contribution in [0, 0.1) is 12.8 Å². The molecule has 0 radical (unpaired) electrons. The number of hydrogen-bond donors (Lipinski definition) is 1. The van der Waals surface area contributed by atoms with E-state index in [0.29, 0.717) is 10.9 Å². The molecule has 0 aliphatic carbocycles. The zero-order chi connectivity index (χ0) is 22.6. The Morgan fingerprint density at radius 2 is 1.84 bits per heavy atom. The number of aryl methyl sites for hydroxylation is 1. The summed E-state index contributed by atoms with van der Waals surface area (Å²) in [6, 6.07) is 15.0. The van der Waals surface area contributed by atoms with Crippen LogP contribution in [0.25, 0.3) is 0 Å². The molecule has 8 heteroatoms. The Hall–Kier alpha value is -2.61. The number of benzene rings is 2. The van der Waals surface area contributed by atoms with Gasteiger partial charge in [-0.15, -0.1) is 0 Å². The lowest BCUT2D eigenvalue weighted by atomic mass is 10.0. The average molecular weight is 454 g/mol. The fraction of sp³-hybridized carbons (Fsp3) is 0.417. The Morgan fingerprint density at radius 3 is 2.56 bits per heavy atom. The van der Waals surface area contributed by atoms with Crippen molar-refractivity contribution >= 4 is 29.2 Å². The Kier molecular flexibility index (Phi) is 5.35. The van der Waals surface area contributed by atoms with E-state index in [9.17, 15) is 9.59 Å². The normalized spacial score (nSPS) is 28.2. The molecule has 1 N–H and O–H groups in total. The molecule has 2 aromatic carbocycles. The number of carbonyl (C=O) groups excluding carboxylic acids is 2. The largest absolute Gasteiger partial charge is 0.343 e. The zero-order valence-electron chi connectivity index (χ0n) is 18.5. The van der Waals surface area contributed by atoms with Gasteiger partial charge in [0.05, 0.1) is 6.54 Å². The molecule has 5 rings (SSSR count). The summed E-state index contributed by atoms with van der Waals surface area (Å²) in [5, 5.41) is 4.25. The first-order chi connectivity index (χ1) is 15.3. The lowest BCUT2D eigenvalue weighted by Gasteiger charge is -2.46. The highest BCUT2D eigenvalue weighted by Crippen LogP contribution is 2.35. The van der Waals surface area contributed by atoms with Gasteiger partial charge in [-0.05, 0) is 42.7 Å². The van der Waals surface area contributed by atoms with Gasteiger partial charge >= 0.3 is 6.03 Å². The Morgan fingerprint density at radius 1 is 1.09 bits per heavy atom. The van der Waals surface area contributed by atoms with Gasteiger partial charge in [0.1, 0.15) is 18.5 Å². The third-order valence-corrected chi connectivity index (χ3v) is 6.92. The minimum Gasteiger partial charge on any atom is -0.343 e. The zero-order valence-corrected chi connectivity index (χ0v) is 19.3. The molecule has 3 amide bonds. The highest BCUT2D eigenvalue weighted by Gasteiger charge is 2.56. The summed E-state index contributed by atoms with van der Waals surface area (Å²) in [5.74, 6) is 0.225. The first kappa shape index (κ1) is 21.2. The summed E-state index contributed by atoms with van der Waals surface area (Å²) in [6.45, 7) is 6.13. The number of carbonyl (C=O) groups is 2. The summed E-state index contributed by atoms with van der Waals surface area (Å²) in [6.07, 6.45) is -0.533. The molecule has 3 saturated heterocycles. The summed E-state index contributed by atoms with van der Waals surface area (Å²) in [7, 11) is 1.77. The van der Waals surface area contributed by atoms with Crippen LogP contribution in [0.4, 0.5) is 10.5 Å². The van der Waals surface area contributed by atoms with E-state index >= 15 is 0 Å². The Labute approximate surface area is 193 Å². The number of nitrogens with one attached hydrogen (secondary N) is 1. The second-order valence-corrected chi connectivity index (χ2v) is 9.60. The quantitative estimate of drug-likeness (QED) is 0.774. The third-order valence-electron chi connectivity index (χ3n) is 6.67. The van der Waals surface area contributed by atoms with Gasteiger partial charge in [-0.1, -0.05) is 48.4 Å². The molecule has 4 unspecified atom stereocenters. The van der Waals surface area contributed by atoms with Crippen LogP contribution in [-0.4, -0.2) is 65.3 Å². The number of hydrogen-bond acceptors (Lipinski definition) is 5. The molecule has 3 aliphatic heterocycles. The number of fused-ring (bicyclic) bond motifs is 3. The summed E-state index contributed by atoms with van der Waals surface area (Å²) < 4.78 is 0. The van der Waals surface area contributed by atoms with Gasteiger partial charge < -0.3 is 9.80 Å². The molecule has 3 heterocycles. The van der Waals surface area contributed by atoms with E-state index in [0.717, 1.165) is 29.9 Å². The Bertz CT molecular complexity index is 1040. The van der Waals surface area contributed by atoms with E-state index < -0.39 is 6.04 Å². The van der Waals surface area contributed by atoms with Gasteiger partial charge in [0.2, 0.25) is 0 Å². The number of amides is 3. The molecule has 0 saturated carbocycles. The topological polar surface area (TPSA) is 59.1 Å². The van der Waals surface area contributed by atoms with Gasteiger partial charge in [-0.2, -0.15) is 0 Å². The maximum absolute atomic E-state index is 13.7. The summed E-state index contributed by atoms with van der Waals surface area (Å²) in [5.41, 5.74) is 3.10. The van der Waals surface area contributed by atoms with E-state index in [1.807, 2.05) is 55.5 Å². The van der Waals surface area contributed by atoms with Crippen molar-refractivity contribution < 1.29 is 9.59 Å². The van der Waals surface area contributed by atoms with E-state index in [1.54, 1.807) is 11.9 Å². The van der Waals surface area contributed by atoms with Crippen LogP contribution in [0.2, 0.25) is 5.02 Å². The fourth-order valence-corrected chi connectivity index (χ4v) is 5.32. The van der Waals surface area contributed by atoms with Gasteiger partial charge in [0, 0.05) is 30.8 Å². The SMILES string of the molecule is Cc1cccc(CN2C(=O)C3C(NC4N(c5ccc(Cl)cc5)CC(C)CN34)N(C)C2=O)c1. The van der Waals surface area contributed by atoms with Gasteiger partial charge in [0.25, 0.3) is 5.91 Å². The molecule has 7 nitrogen and oxygen atoms in total. The van der Waals surface area contributed by atoms with Crippen molar-refractivity contribution in [2.45, 2.75) is 38.9 Å². The van der Waals surface area contributed by atoms with Crippen molar-refractivity contribution in [3.63, 3.8) is 0 Å². The molecule has 0 spiro atoms. The molecule has 32 heavy (non-hydrogen) atoms. The number of rotatable bonds is 3. The average Bonchev–Trinajstić information content (AvgIpc) is 3.15. The van der Waals surface area contributed by atoms with Crippen molar-refractivity contribution in [3.05, 3.63) is 64.7 Å². The molecular weight excluding hydrogens is 426 g/mol. The minimum atomic E-state index is -0.426.